The monoisotopic (exact) mass is 347 g/mol. The van der Waals surface area contributed by atoms with E-state index in [1.165, 1.54) is 11.1 Å². The van der Waals surface area contributed by atoms with E-state index in [4.69, 9.17) is 15.6 Å². The Morgan fingerprint density at radius 1 is 1.44 bits per heavy atom. The number of nitrogens with one attached hydrogen (secondary N) is 1. The molecule has 8 nitrogen and oxygen atoms in total. The van der Waals surface area contributed by atoms with Crippen molar-refractivity contribution in [3.63, 3.8) is 0 Å². The normalized spacial score (nSPS) is 32.3. The summed E-state index contributed by atoms with van der Waals surface area (Å²) in [7, 11) is 0. The summed E-state index contributed by atoms with van der Waals surface area (Å²) < 4.78 is 5.49. The molecule has 0 spiro atoms. The van der Waals surface area contributed by atoms with E-state index in [0.29, 0.717) is 11.1 Å². The Labute approximate surface area is 144 Å². The fourth-order valence-electron chi connectivity index (χ4n) is 3.02. The highest BCUT2D eigenvalue weighted by atomic mass is 16.5. The molecule has 0 radical (unpaired) electrons. The Kier molecular flexibility index (Phi) is 4.61. The Balaban J connectivity index is 1.85. The van der Waals surface area contributed by atoms with Crippen LogP contribution in [-0.2, 0) is 4.74 Å². The number of benzene rings is 1. The Morgan fingerprint density at radius 2 is 2.12 bits per heavy atom. The Bertz CT molecular complexity index is 707. The molecule has 1 aromatic carbocycles. The lowest BCUT2D eigenvalue weighted by Crippen LogP contribution is -2.67. The number of Topliss-reactive ketones (excluding diaryl/α,β-unsaturated/α-hetero) is 1. The van der Waals surface area contributed by atoms with Gasteiger partial charge in [0.2, 0.25) is 5.78 Å². The smallest absolute Gasteiger partial charge is 0.325 e. The van der Waals surface area contributed by atoms with Crippen LogP contribution in [0.1, 0.15) is 23.7 Å². The lowest BCUT2D eigenvalue weighted by Gasteiger charge is -2.39. The zero-order chi connectivity index (χ0) is 18.2. The number of nitrogens with two attached hydrogens (primary N) is 1. The molecule has 0 aliphatic carbocycles. The highest BCUT2D eigenvalue weighted by molar-refractivity contribution is 6.07. The van der Waals surface area contributed by atoms with Crippen LogP contribution < -0.4 is 11.1 Å². The van der Waals surface area contributed by atoms with Gasteiger partial charge in [-0.25, -0.2) is 4.79 Å². The molecular formula is C17H21N3O5. The summed E-state index contributed by atoms with van der Waals surface area (Å²) in [4.78, 5) is 26.5. The number of hydrogen-bond donors (Lipinski definition) is 4. The van der Waals surface area contributed by atoms with Gasteiger partial charge < -0.3 is 20.3 Å². The first-order valence-corrected chi connectivity index (χ1v) is 7.99. The topological polar surface area (TPSA) is 125 Å². The number of amides is 2. The summed E-state index contributed by atoms with van der Waals surface area (Å²) in [5.41, 5.74) is 5.38. The van der Waals surface area contributed by atoms with Gasteiger partial charge in [0, 0.05) is 18.2 Å². The van der Waals surface area contributed by atoms with Crippen LogP contribution in [0, 0.1) is 0 Å². The molecule has 1 fully saturated rings. The van der Waals surface area contributed by atoms with Crippen LogP contribution in [0.15, 0.2) is 42.1 Å². The van der Waals surface area contributed by atoms with Gasteiger partial charge in [0.25, 0.3) is 0 Å². The minimum atomic E-state index is -1.65. The quantitative estimate of drug-likeness (QED) is 0.565. The molecule has 134 valence electrons. The number of urea groups is 1. The fourth-order valence-corrected chi connectivity index (χ4v) is 3.02. The molecule has 0 saturated carbocycles. The van der Waals surface area contributed by atoms with Crippen molar-refractivity contribution in [3.05, 3.63) is 47.7 Å². The van der Waals surface area contributed by atoms with Crippen LogP contribution in [0.25, 0.3) is 0 Å². The van der Waals surface area contributed by atoms with Crippen molar-refractivity contribution in [2.45, 2.75) is 37.4 Å². The molecule has 2 amide bonds. The molecule has 25 heavy (non-hydrogen) atoms. The SMILES string of the molecule is CC1=CN([C@H]2C[C@H](O)[C@@H](CO)O2)C(=O)NC1(N)C(=O)c1ccccc1. The summed E-state index contributed by atoms with van der Waals surface area (Å²) in [6, 6.07) is 7.87. The number of carbonyl (C=O) groups excluding carboxylic acids is 2. The van der Waals surface area contributed by atoms with Gasteiger partial charge in [0.1, 0.15) is 12.3 Å². The number of ether oxygens (including phenoxy) is 1. The van der Waals surface area contributed by atoms with Gasteiger partial charge in [-0.05, 0) is 12.5 Å². The van der Waals surface area contributed by atoms with E-state index in [9.17, 15) is 14.7 Å². The second-order valence-electron chi connectivity index (χ2n) is 6.27. The maximum Gasteiger partial charge on any atom is 0.325 e. The molecule has 2 heterocycles. The third-order valence-electron chi connectivity index (χ3n) is 4.58. The first-order chi connectivity index (χ1) is 11.9. The predicted octanol–water partition coefficient (Wildman–Crippen LogP) is -0.0785. The third kappa shape index (κ3) is 3.05. The van der Waals surface area contributed by atoms with E-state index in [1.807, 2.05) is 0 Å². The highest BCUT2D eigenvalue weighted by Gasteiger charge is 2.46. The predicted molar refractivity (Wildman–Crippen MR) is 88.2 cm³/mol. The largest absolute Gasteiger partial charge is 0.394 e. The van der Waals surface area contributed by atoms with Crippen LogP contribution in [0.5, 0.6) is 0 Å². The van der Waals surface area contributed by atoms with E-state index >= 15 is 0 Å². The van der Waals surface area contributed by atoms with Crippen LogP contribution in [0.4, 0.5) is 4.79 Å². The van der Waals surface area contributed by atoms with Crippen molar-refractivity contribution in [2.24, 2.45) is 5.73 Å². The summed E-state index contributed by atoms with van der Waals surface area (Å²) in [5, 5.41) is 21.5. The molecule has 1 saturated heterocycles. The van der Waals surface area contributed by atoms with Gasteiger partial charge >= 0.3 is 6.03 Å². The van der Waals surface area contributed by atoms with Gasteiger partial charge in [-0.2, -0.15) is 0 Å². The molecule has 0 aromatic heterocycles. The lowest BCUT2D eigenvalue weighted by atomic mass is 9.91. The first kappa shape index (κ1) is 17.6. The van der Waals surface area contributed by atoms with E-state index in [-0.39, 0.29) is 13.0 Å². The summed E-state index contributed by atoms with van der Waals surface area (Å²) in [6.07, 6.45) is -0.740. The number of aliphatic hydroxyl groups is 2. The second-order valence-corrected chi connectivity index (χ2v) is 6.27. The van der Waals surface area contributed by atoms with E-state index in [2.05, 4.69) is 5.32 Å². The molecule has 1 aromatic rings. The van der Waals surface area contributed by atoms with Crippen LogP contribution in [0.3, 0.4) is 0 Å². The van der Waals surface area contributed by atoms with E-state index < -0.39 is 35.9 Å². The van der Waals surface area contributed by atoms with E-state index in [1.54, 1.807) is 37.3 Å². The van der Waals surface area contributed by atoms with Crippen LogP contribution in [0.2, 0.25) is 0 Å². The standard InChI is InChI=1S/C17H21N3O5/c1-10-8-20(14-7-12(22)13(9-21)25-14)16(24)19-17(10,18)15(23)11-5-3-2-4-6-11/h2-6,8,12-14,21-22H,7,9,18H2,1H3,(H,19,24)/t12-,13+,14+,17?/m0/s1. The zero-order valence-electron chi connectivity index (χ0n) is 13.8. The summed E-state index contributed by atoms with van der Waals surface area (Å²) >= 11 is 0. The number of hydrogen-bond acceptors (Lipinski definition) is 6. The summed E-state index contributed by atoms with van der Waals surface area (Å²) in [6.45, 7) is 1.30. The number of aliphatic hydroxyl groups excluding tert-OH is 2. The Morgan fingerprint density at radius 3 is 2.72 bits per heavy atom. The number of ketones is 1. The molecule has 5 N–H and O–H groups in total. The van der Waals surface area contributed by atoms with Crippen molar-refractivity contribution >= 4 is 11.8 Å². The zero-order valence-corrected chi connectivity index (χ0v) is 13.8. The fraction of sp³-hybridized carbons (Fsp3) is 0.412. The van der Waals surface area contributed by atoms with Gasteiger partial charge in [-0.3, -0.25) is 15.4 Å². The molecular weight excluding hydrogens is 326 g/mol. The average molecular weight is 347 g/mol. The van der Waals surface area contributed by atoms with Crippen LogP contribution >= 0.6 is 0 Å². The molecule has 3 rings (SSSR count). The maximum absolute atomic E-state index is 12.8. The molecule has 4 atom stereocenters. The van der Waals surface area contributed by atoms with Crippen molar-refractivity contribution in [1.29, 1.82) is 0 Å². The first-order valence-electron chi connectivity index (χ1n) is 7.99. The van der Waals surface area contributed by atoms with Crippen molar-refractivity contribution in [2.75, 3.05) is 6.61 Å². The third-order valence-corrected chi connectivity index (χ3v) is 4.58. The highest BCUT2D eigenvalue weighted by Crippen LogP contribution is 2.28. The van der Waals surface area contributed by atoms with Gasteiger partial charge in [0.05, 0.1) is 12.7 Å². The number of nitrogens with zero attached hydrogens (tertiary/aromatic N) is 1. The van der Waals surface area contributed by atoms with Crippen molar-refractivity contribution < 1.29 is 24.5 Å². The lowest BCUT2D eigenvalue weighted by molar-refractivity contribution is -0.0550. The molecule has 2 aliphatic rings. The summed E-state index contributed by atoms with van der Waals surface area (Å²) in [5.74, 6) is -0.421. The second kappa shape index (κ2) is 6.57. The average Bonchev–Trinajstić information content (AvgIpc) is 2.98. The molecule has 0 bridgehead atoms. The Hall–Kier alpha value is -2.26. The number of rotatable bonds is 4. The van der Waals surface area contributed by atoms with Crippen LogP contribution in [-0.4, -0.2) is 57.6 Å². The molecule has 2 aliphatic heterocycles. The molecule has 1 unspecified atom stereocenters. The van der Waals surface area contributed by atoms with Crippen molar-refractivity contribution in [1.82, 2.24) is 10.2 Å². The minimum Gasteiger partial charge on any atom is -0.394 e. The molecule has 8 heteroatoms. The number of carbonyl (C=O) groups is 2. The van der Waals surface area contributed by atoms with E-state index in [0.717, 1.165) is 0 Å². The van der Waals surface area contributed by atoms with Gasteiger partial charge in [-0.1, -0.05) is 30.3 Å². The van der Waals surface area contributed by atoms with Gasteiger partial charge in [-0.15, -0.1) is 0 Å². The minimum absolute atomic E-state index is 0.159. The van der Waals surface area contributed by atoms with Gasteiger partial charge in [0.15, 0.2) is 5.66 Å². The maximum atomic E-state index is 12.8. The van der Waals surface area contributed by atoms with Crippen molar-refractivity contribution in [3.8, 4) is 0 Å².